The molecular formula is C11H17N3O5. The van der Waals surface area contributed by atoms with E-state index in [1.807, 2.05) is 13.8 Å². The first-order chi connectivity index (χ1) is 8.93. The normalized spacial score (nSPS) is 20.1. The minimum absolute atomic E-state index is 0.0321. The van der Waals surface area contributed by atoms with Gasteiger partial charge in [-0.3, -0.25) is 14.9 Å². The van der Waals surface area contributed by atoms with Crippen LogP contribution >= 0.6 is 0 Å². The number of ether oxygens (including phenoxy) is 2. The summed E-state index contributed by atoms with van der Waals surface area (Å²) in [5.74, 6) is -0.935. The molecular weight excluding hydrogens is 254 g/mol. The maximum Gasteiger partial charge on any atom is 0.346 e. The van der Waals surface area contributed by atoms with Crippen molar-refractivity contribution in [1.29, 1.82) is 0 Å². The number of carbonyl (C=O) groups is 3. The van der Waals surface area contributed by atoms with Crippen LogP contribution in [-0.2, 0) is 19.1 Å². The SMILES string of the molecule is CCOC(=O)CNC(=O)N=C1NC(=O)[C@H](C(C)C)O1. The Balaban J connectivity index is 2.46. The first-order valence-corrected chi connectivity index (χ1v) is 5.93. The molecule has 0 radical (unpaired) electrons. The van der Waals surface area contributed by atoms with Gasteiger partial charge in [0.15, 0.2) is 6.10 Å². The van der Waals surface area contributed by atoms with Crippen LogP contribution in [0.5, 0.6) is 0 Å². The predicted octanol–water partition coefficient (Wildman–Crippen LogP) is -0.214. The Hall–Kier alpha value is -2.12. The molecule has 1 atom stereocenters. The van der Waals surface area contributed by atoms with Gasteiger partial charge in [-0.05, 0) is 12.8 Å². The summed E-state index contributed by atoms with van der Waals surface area (Å²) in [5, 5.41) is 4.56. The average Bonchev–Trinajstić information content (AvgIpc) is 2.68. The summed E-state index contributed by atoms with van der Waals surface area (Å²) >= 11 is 0. The van der Waals surface area contributed by atoms with Crippen molar-refractivity contribution in [2.75, 3.05) is 13.2 Å². The van der Waals surface area contributed by atoms with Crippen molar-refractivity contribution in [3.05, 3.63) is 0 Å². The number of carbonyl (C=O) groups excluding carboxylic acids is 3. The Bertz CT molecular complexity index is 405. The van der Waals surface area contributed by atoms with E-state index in [1.165, 1.54) is 0 Å². The molecule has 8 heteroatoms. The topological polar surface area (TPSA) is 106 Å². The highest BCUT2D eigenvalue weighted by Crippen LogP contribution is 2.11. The fourth-order valence-corrected chi connectivity index (χ4v) is 1.36. The zero-order chi connectivity index (χ0) is 14.4. The van der Waals surface area contributed by atoms with Gasteiger partial charge in [0.05, 0.1) is 6.61 Å². The molecule has 0 aromatic rings. The number of amidine groups is 1. The summed E-state index contributed by atoms with van der Waals surface area (Å²) in [5.41, 5.74) is 0. The summed E-state index contributed by atoms with van der Waals surface area (Å²) in [6.45, 7) is 5.24. The largest absolute Gasteiger partial charge is 0.465 e. The molecule has 106 valence electrons. The second kappa shape index (κ2) is 6.72. The molecule has 1 heterocycles. The minimum atomic E-state index is -0.784. The Morgan fingerprint density at radius 1 is 1.53 bits per heavy atom. The standard InChI is InChI=1S/C11H17N3O5/c1-4-18-7(15)5-12-10(17)14-11-13-9(16)8(19-11)6(2)3/h6,8H,4-5H2,1-3H3,(H2,12,13,14,16,17)/t8-/m0/s1. The van der Waals surface area contributed by atoms with Crippen molar-refractivity contribution < 1.29 is 23.9 Å². The van der Waals surface area contributed by atoms with Crippen LogP contribution in [0.2, 0.25) is 0 Å². The third kappa shape index (κ3) is 4.57. The van der Waals surface area contributed by atoms with E-state index in [9.17, 15) is 14.4 Å². The van der Waals surface area contributed by atoms with E-state index >= 15 is 0 Å². The van der Waals surface area contributed by atoms with E-state index in [0.717, 1.165) is 0 Å². The number of esters is 1. The van der Waals surface area contributed by atoms with Crippen LogP contribution in [0.1, 0.15) is 20.8 Å². The van der Waals surface area contributed by atoms with Crippen LogP contribution in [0.25, 0.3) is 0 Å². The van der Waals surface area contributed by atoms with Gasteiger partial charge in [0.2, 0.25) is 0 Å². The molecule has 2 N–H and O–H groups in total. The number of nitrogens with zero attached hydrogens (tertiary/aromatic N) is 1. The molecule has 1 rings (SSSR count). The van der Waals surface area contributed by atoms with E-state index in [2.05, 4.69) is 20.4 Å². The maximum absolute atomic E-state index is 11.4. The molecule has 3 amide bonds. The molecule has 1 aliphatic rings. The highest BCUT2D eigenvalue weighted by molar-refractivity contribution is 6.05. The van der Waals surface area contributed by atoms with E-state index in [0.29, 0.717) is 0 Å². The van der Waals surface area contributed by atoms with Crippen molar-refractivity contribution in [3.8, 4) is 0 Å². The average molecular weight is 271 g/mol. The van der Waals surface area contributed by atoms with Crippen LogP contribution in [0, 0.1) is 5.92 Å². The summed E-state index contributed by atoms with van der Waals surface area (Å²) in [6.07, 6.45) is -0.656. The Kier molecular flexibility index (Phi) is 5.28. The molecule has 1 fully saturated rings. The molecule has 8 nitrogen and oxygen atoms in total. The highest BCUT2D eigenvalue weighted by Gasteiger charge is 2.33. The summed E-state index contributed by atoms with van der Waals surface area (Å²) < 4.78 is 9.80. The fraction of sp³-hybridized carbons (Fsp3) is 0.636. The molecule has 19 heavy (non-hydrogen) atoms. The summed E-state index contributed by atoms with van der Waals surface area (Å²) in [6, 6.07) is -0.946. The number of amides is 3. The van der Waals surface area contributed by atoms with Gasteiger partial charge in [-0.15, -0.1) is 4.99 Å². The number of aliphatic imine (C=N–C) groups is 1. The number of hydrogen-bond donors (Lipinski definition) is 2. The van der Waals surface area contributed by atoms with Gasteiger partial charge < -0.3 is 14.8 Å². The van der Waals surface area contributed by atoms with Crippen molar-refractivity contribution in [2.45, 2.75) is 26.9 Å². The van der Waals surface area contributed by atoms with Crippen LogP contribution in [-0.4, -0.2) is 43.2 Å². The van der Waals surface area contributed by atoms with Gasteiger partial charge in [-0.1, -0.05) is 13.8 Å². The molecule has 0 saturated carbocycles. The fourth-order valence-electron chi connectivity index (χ4n) is 1.36. The monoisotopic (exact) mass is 271 g/mol. The van der Waals surface area contributed by atoms with E-state index in [1.54, 1.807) is 6.92 Å². The van der Waals surface area contributed by atoms with Crippen molar-refractivity contribution >= 4 is 23.9 Å². The van der Waals surface area contributed by atoms with Gasteiger partial charge in [-0.25, -0.2) is 4.79 Å². The quantitative estimate of drug-likeness (QED) is 0.688. The first kappa shape index (κ1) is 14.9. The van der Waals surface area contributed by atoms with Crippen LogP contribution in [0.3, 0.4) is 0 Å². The zero-order valence-electron chi connectivity index (χ0n) is 11.1. The van der Waals surface area contributed by atoms with Crippen molar-refractivity contribution in [1.82, 2.24) is 10.6 Å². The number of hydrogen-bond acceptors (Lipinski definition) is 5. The Morgan fingerprint density at radius 3 is 2.74 bits per heavy atom. The third-order valence-corrected chi connectivity index (χ3v) is 2.23. The highest BCUT2D eigenvalue weighted by atomic mass is 16.5. The van der Waals surface area contributed by atoms with Crippen LogP contribution in [0.4, 0.5) is 4.79 Å². The van der Waals surface area contributed by atoms with Crippen LogP contribution < -0.4 is 10.6 Å². The zero-order valence-corrected chi connectivity index (χ0v) is 11.1. The lowest BCUT2D eigenvalue weighted by molar-refractivity contribution is -0.141. The van der Waals surface area contributed by atoms with Gasteiger partial charge in [0.25, 0.3) is 5.91 Å². The Morgan fingerprint density at radius 2 is 2.21 bits per heavy atom. The number of nitrogens with one attached hydrogen (secondary N) is 2. The molecule has 0 aliphatic carbocycles. The lowest BCUT2D eigenvalue weighted by Crippen LogP contribution is -2.31. The smallest absolute Gasteiger partial charge is 0.346 e. The number of rotatable bonds is 4. The van der Waals surface area contributed by atoms with E-state index in [4.69, 9.17) is 4.74 Å². The summed E-state index contributed by atoms with van der Waals surface area (Å²) in [7, 11) is 0. The molecule has 0 spiro atoms. The lowest BCUT2D eigenvalue weighted by Gasteiger charge is -2.09. The lowest BCUT2D eigenvalue weighted by atomic mass is 10.1. The van der Waals surface area contributed by atoms with Gasteiger partial charge in [0, 0.05) is 0 Å². The third-order valence-electron chi connectivity index (χ3n) is 2.23. The van der Waals surface area contributed by atoms with Crippen molar-refractivity contribution in [3.63, 3.8) is 0 Å². The molecule has 1 saturated heterocycles. The molecule has 0 aromatic heterocycles. The first-order valence-electron chi connectivity index (χ1n) is 5.93. The second-order valence-electron chi connectivity index (χ2n) is 4.15. The van der Waals surface area contributed by atoms with Gasteiger partial charge in [-0.2, -0.15) is 0 Å². The maximum atomic E-state index is 11.4. The molecule has 0 unspecified atom stereocenters. The minimum Gasteiger partial charge on any atom is -0.465 e. The predicted molar refractivity (Wildman–Crippen MR) is 65.3 cm³/mol. The van der Waals surface area contributed by atoms with E-state index in [-0.39, 0.29) is 31.0 Å². The second-order valence-corrected chi connectivity index (χ2v) is 4.15. The molecule has 0 aromatic carbocycles. The molecule has 0 bridgehead atoms. The van der Waals surface area contributed by atoms with Gasteiger partial charge in [0.1, 0.15) is 6.54 Å². The van der Waals surface area contributed by atoms with Crippen LogP contribution in [0.15, 0.2) is 4.99 Å². The Labute approximate surface area is 110 Å². The number of urea groups is 1. The van der Waals surface area contributed by atoms with Gasteiger partial charge >= 0.3 is 18.0 Å². The van der Waals surface area contributed by atoms with E-state index < -0.39 is 18.1 Å². The van der Waals surface area contributed by atoms with Crippen molar-refractivity contribution in [2.24, 2.45) is 10.9 Å². The summed E-state index contributed by atoms with van der Waals surface area (Å²) in [4.78, 5) is 37.3. The molecule has 1 aliphatic heterocycles.